The van der Waals surface area contributed by atoms with Crippen LogP contribution in [0, 0.1) is 4.77 Å². The smallest absolute Gasteiger partial charge is 0.417 e. The van der Waals surface area contributed by atoms with Gasteiger partial charge in [-0.15, -0.1) is 0 Å². The van der Waals surface area contributed by atoms with Crippen LogP contribution in [0.1, 0.15) is 18.1 Å². The Morgan fingerprint density at radius 2 is 2.00 bits per heavy atom. The maximum atomic E-state index is 13.1. The fraction of sp³-hybridized carbons (Fsp3) is 0.167. The Kier molecular flexibility index (Phi) is 5.41. The molecule has 0 atom stereocenters. The Balaban J connectivity index is 2.01. The van der Waals surface area contributed by atoms with Crippen molar-refractivity contribution in [3.8, 4) is 17.1 Å². The van der Waals surface area contributed by atoms with Crippen molar-refractivity contribution in [3.63, 3.8) is 0 Å². The normalized spacial score (nSPS) is 11.9. The predicted octanol–water partition coefficient (Wildman–Crippen LogP) is 4.91. The first-order valence-corrected chi connectivity index (χ1v) is 8.42. The molecule has 0 bridgehead atoms. The highest BCUT2D eigenvalue weighted by atomic mass is 32.1. The van der Waals surface area contributed by atoms with Crippen LogP contribution in [0.15, 0.2) is 53.6 Å². The third-order valence-corrected chi connectivity index (χ3v) is 3.90. The van der Waals surface area contributed by atoms with E-state index < -0.39 is 11.7 Å². The first kappa shape index (κ1) is 18.8. The van der Waals surface area contributed by atoms with Crippen molar-refractivity contribution >= 4 is 18.4 Å². The second kappa shape index (κ2) is 7.75. The minimum Gasteiger partial charge on any atom is -0.494 e. The third kappa shape index (κ3) is 4.25. The van der Waals surface area contributed by atoms with Crippen LogP contribution in [0.2, 0.25) is 0 Å². The number of H-pyrrole nitrogens is 1. The SMILES string of the molecule is CCOc1cccc(-c2n[nH]c(=S)n2/N=C/c2ccccc2C(F)(F)F)c1. The first-order valence-electron chi connectivity index (χ1n) is 8.01. The summed E-state index contributed by atoms with van der Waals surface area (Å²) in [5.74, 6) is 1.00. The van der Waals surface area contributed by atoms with Crippen LogP contribution in [-0.2, 0) is 6.18 Å². The summed E-state index contributed by atoms with van der Waals surface area (Å²) in [5.41, 5.74) is -0.180. The highest BCUT2D eigenvalue weighted by molar-refractivity contribution is 7.71. The van der Waals surface area contributed by atoms with Crippen LogP contribution in [0.4, 0.5) is 13.2 Å². The standard InChI is InChI=1S/C18H15F3N4OS/c1-2-26-14-8-5-7-12(10-14)16-23-24-17(27)25(16)22-11-13-6-3-4-9-15(13)18(19,20)21/h3-11H,2H2,1H3,(H,24,27)/b22-11+. The summed E-state index contributed by atoms with van der Waals surface area (Å²) >= 11 is 5.16. The zero-order valence-corrected chi connectivity index (χ0v) is 15.0. The van der Waals surface area contributed by atoms with Gasteiger partial charge in [-0.2, -0.15) is 28.0 Å². The Hall–Kier alpha value is -2.94. The van der Waals surface area contributed by atoms with Gasteiger partial charge in [-0.1, -0.05) is 30.3 Å². The number of aromatic nitrogens is 3. The van der Waals surface area contributed by atoms with Crippen LogP contribution in [0.25, 0.3) is 11.4 Å². The number of alkyl halides is 3. The van der Waals surface area contributed by atoms with Crippen molar-refractivity contribution in [2.24, 2.45) is 5.10 Å². The molecular weight excluding hydrogens is 377 g/mol. The fourth-order valence-corrected chi connectivity index (χ4v) is 2.64. The molecular formula is C18H15F3N4OS. The number of nitrogens with one attached hydrogen (secondary N) is 1. The number of benzene rings is 2. The van der Waals surface area contributed by atoms with E-state index >= 15 is 0 Å². The van der Waals surface area contributed by atoms with Gasteiger partial charge in [0, 0.05) is 11.1 Å². The molecule has 0 unspecified atom stereocenters. The molecule has 0 aliphatic carbocycles. The monoisotopic (exact) mass is 392 g/mol. The van der Waals surface area contributed by atoms with Gasteiger partial charge in [0.25, 0.3) is 0 Å². The lowest BCUT2D eigenvalue weighted by Gasteiger charge is -2.09. The van der Waals surface area contributed by atoms with E-state index in [2.05, 4.69) is 15.3 Å². The average Bonchev–Trinajstić information content (AvgIpc) is 3.00. The second-order valence-corrected chi connectivity index (χ2v) is 5.84. The molecule has 27 heavy (non-hydrogen) atoms. The van der Waals surface area contributed by atoms with E-state index in [1.807, 2.05) is 6.92 Å². The minimum absolute atomic E-state index is 0.0675. The maximum Gasteiger partial charge on any atom is 0.417 e. The van der Waals surface area contributed by atoms with Gasteiger partial charge in [0.05, 0.1) is 18.4 Å². The van der Waals surface area contributed by atoms with Crippen LogP contribution >= 0.6 is 12.2 Å². The molecule has 1 aromatic heterocycles. The summed E-state index contributed by atoms with van der Waals surface area (Å²) in [4.78, 5) is 0. The zero-order chi connectivity index (χ0) is 19.4. The van der Waals surface area contributed by atoms with Crippen molar-refractivity contribution in [2.75, 3.05) is 6.61 Å². The third-order valence-electron chi connectivity index (χ3n) is 3.63. The number of hydrogen-bond acceptors (Lipinski definition) is 4. The zero-order valence-electron chi connectivity index (χ0n) is 14.2. The van der Waals surface area contributed by atoms with Crippen molar-refractivity contribution < 1.29 is 17.9 Å². The maximum absolute atomic E-state index is 13.1. The lowest BCUT2D eigenvalue weighted by Crippen LogP contribution is -2.09. The van der Waals surface area contributed by atoms with Crippen LogP contribution in [0.3, 0.4) is 0 Å². The number of ether oxygens (including phenoxy) is 1. The molecule has 3 aromatic rings. The van der Waals surface area contributed by atoms with Crippen molar-refractivity contribution in [2.45, 2.75) is 13.1 Å². The largest absolute Gasteiger partial charge is 0.494 e. The number of aromatic amines is 1. The van der Waals surface area contributed by atoms with Crippen molar-refractivity contribution in [1.29, 1.82) is 0 Å². The van der Waals surface area contributed by atoms with Gasteiger partial charge >= 0.3 is 6.18 Å². The summed E-state index contributed by atoms with van der Waals surface area (Å²) in [7, 11) is 0. The van der Waals surface area contributed by atoms with Crippen LogP contribution in [0.5, 0.6) is 5.75 Å². The van der Waals surface area contributed by atoms with Crippen LogP contribution < -0.4 is 4.74 Å². The van der Waals surface area contributed by atoms with Gasteiger partial charge in [-0.05, 0) is 37.3 Å². The van der Waals surface area contributed by atoms with E-state index in [1.54, 1.807) is 24.3 Å². The molecule has 0 amide bonds. The lowest BCUT2D eigenvalue weighted by atomic mass is 10.1. The first-order chi connectivity index (χ1) is 12.9. The summed E-state index contributed by atoms with van der Waals surface area (Å²) in [5, 5.41) is 10.8. The highest BCUT2D eigenvalue weighted by Crippen LogP contribution is 2.31. The van der Waals surface area contributed by atoms with E-state index in [4.69, 9.17) is 17.0 Å². The van der Waals surface area contributed by atoms with Gasteiger partial charge in [0.2, 0.25) is 4.77 Å². The van der Waals surface area contributed by atoms with E-state index in [-0.39, 0.29) is 10.3 Å². The quantitative estimate of drug-likeness (QED) is 0.496. The number of nitrogens with zero attached hydrogens (tertiary/aromatic N) is 3. The lowest BCUT2D eigenvalue weighted by molar-refractivity contribution is -0.137. The van der Waals surface area contributed by atoms with Gasteiger partial charge in [0.1, 0.15) is 5.75 Å². The number of hydrogen-bond donors (Lipinski definition) is 1. The molecule has 0 fully saturated rings. The molecule has 9 heteroatoms. The van der Waals surface area contributed by atoms with E-state index in [9.17, 15) is 13.2 Å². The van der Waals surface area contributed by atoms with E-state index in [1.165, 1.54) is 22.9 Å². The molecule has 0 saturated carbocycles. The number of halogens is 3. The van der Waals surface area contributed by atoms with Crippen LogP contribution in [-0.4, -0.2) is 27.7 Å². The van der Waals surface area contributed by atoms with E-state index in [0.29, 0.717) is 23.7 Å². The van der Waals surface area contributed by atoms with Gasteiger partial charge in [-0.25, -0.2) is 5.10 Å². The highest BCUT2D eigenvalue weighted by Gasteiger charge is 2.32. The van der Waals surface area contributed by atoms with Gasteiger partial charge in [0.15, 0.2) is 5.82 Å². The molecule has 1 N–H and O–H groups in total. The molecule has 5 nitrogen and oxygen atoms in total. The molecule has 140 valence electrons. The van der Waals surface area contributed by atoms with Gasteiger partial charge < -0.3 is 4.74 Å². The second-order valence-electron chi connectivity index (χ2n) is 5.45. The Morgan fingerprint density at radius 3 is 2.74 bits per heavy atom. The molecule has 0 spiro atoms. The summed E-state index contributed by atoms with van der Waals surface area (Å²) in [6.07, 6.45) is -3.36. The molecule has 3 rings (SSSR count). The topological polar surface area (TPSA) is 55.2 Å². The Labute approximate surface area is 158 Å². The molecule has 1 heterocycles. The predicted molar refractivity (Wildman–Crippen MR) is 98.5 cm³/mol. The average molecular weight is 392 g/mol. The summed E-state index contributed by atoms with van der Waals surface area (Å²) in [6.45, 7) is 2.37. The molecule has 0 aliphatic heterocycles. The van der Waals surface area contributed by atoms with Crippen molar-refractivity contribution in [1.82, 2.24) is 14.9 Å². The molecule has 0 saturated heterocycles. The Morgan fingerprint density at radius 1 is 1.22 bits per heavy atom. The molecule has 2 aromatic carbocycles. The Bertz CT molecular complexity index is 1020. The van der Waals surface area contributed by atoms with E-state index in [0.717, 1.165) is 12.3 Å². The fourth-order valence-electron chi connectivity index (χ4n) is 2.46. The van der Waals surface area contributed by atoms with Gasteiger partial charge in [-0.3, -0.25) is 0 Å². The summed E-state index contributed by atoms with van der Waals surface area (Å²) in [6, 6.07) is 12.3. The molecule has 0 radical (unpaired) electrons. The summed E-state index contributed by atoms with van der Waals surface area (Å²) < 4.78 is 46.3. The molecule has 0 aliphatic rings. The number of rotatable bonds is 5. The minimum atomic E-state index is -4.48. The van der Waals surface area contributed by atoms with Crippen molar-refractivity contribution in [3.05, 3.63) is 64.4 Å².